The van der Waals surface area contributed by atoms with E-state index in [-0.39, 0.29) is 17.2 Å². The number of carbonyl (C=O) groups excluding carboxylic acids is 2. The van der Waals surface area contributed by atoms with Gasteiger partial charge in [-0.15, -0.1) is 0 Å². The van der Waals surface area contributed by atoms with Crippen LogP contribution in [0.2, 0.25) is 0 Å². The van der Waals surface area contributed by atoms with Crippen molar-refractivity contribution in [1.29, 1.82) is 0 Å². The minimum atomic E-state index is -0.446. The molecule has 0 saturated carbocycles. The van der Waals surface area contributed by atoms with Gasteiger partial charge in [0.05, 0.1) is 5.56 Å². The van der Waals surface area contributed by atoms with Crippen molar-refractivity contribution in [2.45, 2.75) is 6.54 Å². The molecule has 0 atom stereocenters. The Morgan fingerprint density at radius 3 is 2.65 bits per heavy atom. The van der Waals surface area contributed by atoms with E-state index >= 15 is 0 Å². The number of H-pyrrole nitrogens is 1. The third kappa shape index (κ3) is 4.38. The third-order valence-electron chi connectivity index (χ3n) is 3.47. The van der Waals surface area contributed by atoms with E-state index in [9.17, 15) is 14.4 Å². The molecule has 3 N–H and O–H groups in total. The number of nitrogens with zero attached hydrogens (tertiary/aromatic N) is 2. The van der Waals surface area contributed by atoms with Crippen molar-refractivity contribution in [1.82, 2.24) is 20.5 Å². The van der Waals surface area contributed by atoms with Crippen LogP contribution in [0.5, 0.6) is 0 Å². The first kappa shape index (κ1) is 17.0. The van der Waals surface area contributed by atoms with Gasteiger partial charge in [0, 0.05) is 30.7 Å². The molecule has 0 fully saturated rings. The third-order valence-corrected chi connectivity index (χ3v) is 3.47. The second-order valence-electron chi connectivity index (χ2n) is 5.39. The number of amides is 2. The Labute approximate surface area is 148 Å². The van der Waals surface area contributed by atoms with Crippen LogP contribution < -0.4 is 16.2 Å². The molecule has 3 aromatic rings. The SMILES string of the molecule is O=C(NCc1cccc(NC(=O)c2ccc(=O)[nH]n2)c1)c1cccnc1. The molecular weight excluding hydrogens is 334 g/mol. The number of aromatic nitrogens is 3. The fourth-order valence-electron chi connectivity index (χ4n) is 2.21. The molecule has 0 aliphatic rings. The van der Waals surface area contributed by atoms with Gasteiger partial charge in [-0.1, -0.05) is 12.1 Å². The van der Waals surface area contributed by atoms with E-state index in [2.05, 4.69) is 25.8 Å². The summed E-state index contributed by atoms with van der Waals surface area (Å²) in [4.78, 5) is 39.0. The Balaban J connectivity index is 1.63. The molecule has 0 bridgehead atoms. The maximum absolute atomic E-state index is 12.1. The van der Waals surface area contributed by atoms with Crippen LogP contribution in [0.1, 0.15) is 26.4 Å². The van der Waals surface area contributed by atoms with E-state index < -0.39 is 5.91 Å². The smallest absolute Gasteiger partial charge is 0.276 e. The maximum Gasteiger partial charge on any atom is 0.276 e. The van der Waals surface area contributed by atoms with Crippen LogP contribution in [0.4, 0.5) is 5.69 Å². The molecule has 0 radical (unpaired) electrons. The van der Waals surface area contributed by atoms with Gasteiger partial charge in [-0.3, -0.25) is 19.4 Å². The predicted molar refractivity (Wildman–Crippen MR) is 94.7 cm³/mol. The highest BCUT2D eigenvalue weighted by atomic mass is 16.2. The highest BCUT2D eigenvalue weighted by molar-refractivity contribution is 6.02. The van der Waals surface area contributed by atoms with Gasteiger partial charge in [0.15, 0.2) is 0 Å². The first-order valence-electron chi connectivity index (χ1n) is 7.76. The number of anilines is 1. The normalized spacial score (nSPS) is 10.2. The molecule has 26 heavy (non-hydrogen) atoms. The molecule has 0 unspecified atom stereocenters. The van der Waals surface area contributed by atoms with Gasteiger partial charge >= 0.3 is 0 Å². The van der Waals surface area contributed by atoms with Crippen molar-refractivity contribution in [3.05, 3.63) is 88.1 Å². The van der Waals surface area contributed by atoms with Gasteiger partial charge in [-0.2, -0.15) is 5.10 Å². The Morgan fingerprint density at radius 2 is 1.92 bits per heavy atom. The summed E-state index contributed by atoms with van der Waals surface area (Å²) in [6.07, 6.45) is 3.09. The van der Waals surface area contributed by atoms with E-state index in [1.165, 1.54) is 18.3 Å². The van der Waals surface area contributed by atoms with Gasteiger partial charge in [0.25, 0.3) is 17.4 Å². The molecule has 8 nitrogen and oxygen atoms in total. The molecule has 1 aromatic carbocycles. The van der Waals surface area contributed by atoms with E-state index in [0.29, 0.717) is 17.8 Å². The highest BCUT2D eigenvalue weighted by Gasteiger charge is 2.09. The van der Waals surface area contributed by atoms with Crippen molar-refractivity contribution in [2.75, 3.05) is 5.32 Å². The summed E-state index contributed by atoms with van der Waals surface area (Å²) in [5.74, 6) is -0.678. The first-order valence-corrected chi connectivity index (χ1v) is 7.76. The standard InChI is InChI=1S/C18H15N5O3/c24-16-7-6-15(22-23-16)18(26)21-14-5-1-3-12(9-14)10-20-17(25)13-4-2-8-19-11-13/h1-9,11H,10H2,(H,20,25)(H,21,26)(H,23,24). The summed E-state index contributed by atoms with van der Waals surface area (Å²) in [6.45, 7) is 0.300. The molecular formula is C18H15N5O3. The number of hydrogen-bond acceptors (Lipinski definition) is 5. The van der Waals surface area contributed by atoms with E-state index in [1.807, 2.05) is 6.07 Å². The van der Waals surface area contributed by atoms with Crippen molar-refractivity contribution in [3.63, 3.8) is 0 Å². The number of pyridine rings is 1. The number of hydrogen-bond donors (Lipinski definition) is 3. The number of carbonyl (C=O) groups is 2. The molecule has 130 valence electrons. The number of nitrogens with one attached hydrogen (secondary N) is 3. The summed E-state index contributed by atoms with van der Waals surface area (Å²) >= 11 is 0. The molecule has 0 aliphatic heterocycles. The molecule has 0 aliphatic carbocycles. The molecule has 2 aromatic heterocycles. The van der Waals surface area contributed by atoms with Gasteiger partial charge in [-0.05, 0) is 35.9 Å². The Kier molecular flexibility index (Phi) is 5.14. The molecule has 2 amide bonds. The quantitative estimate of drug-likeness (QED) is 0.643. The Morgan fingerprint density at radius 1 is 1.04 bits per heavy atom. The lowest BCUT2D eigenvalue weighted by molar-refractivity contribution is 0.0949. The van der Waals surface area contributed by atoms with Crippen LogP contribution in [0.3, 0.4) is 0 Å². The molecule has 2 heterocycles. The van der Waals surface area contributed by atoms with Crippen molar-refractivity contribution in [3.8, 4) is 0 Å². The fourth-order valence-corrected chi connectivity index (χ4v) is 2.21. The average Bonchev–Trinajstić information content (AvgIpc) is 2.67. The second kappa shape index (κ2) is 7.84. The van der Waals surface area contributed by atoms with Crippen molar-refractivity contribution < 1.29 is 9.59 Å². The zero-order chi connectivity index (χ0) is 18.4. The number of rotatable bonds is 5. The van der Waals surface area contributed by atoms with Crippen molar-refractivity contribution >= 4 is 17.5 Å². The van der Waals surface area contributed by atoms with Crippen LogP contribution >= 0.6 is 0 Å². The molecule has 0 spiro atoms. The van der Waals surface area contributed by atoms with Crippen LogP contribution in [0.25, 0.3) is 0 Å². The number of aromatic amines is 1. The predicted octanol–water partition coefficient (Wildman–Crippen LogP) is 1.35. The summed E-state index contributed by atoms with van der Waals surface area (Å²) in [5, 5.41) is 11.4. The van der Waals surface area contributed by atoms with E-state index in [0.717, 1.165) is 5.56 Å². The first-order chi connectivity index (χ1) is 12.6. The topological polar surface area (TPSA) is 117 Å². The molecule has 0 saturated heterocycles. The minimum Gasteiger partial charge on any atom is -0.348 e. The zero-order valence-electron chi connectivity index (χ0n) is 13.6. The summed E-state index contributed by atoms with van der Waals surface area (Å²) < 4.78 is 0. The largest absolute Gasteiger partial charge is 0.348 e. The minimum absolute atomic E-state index is 0.0971. The molecule has 8 heteroatoms. The Bertz CT molecular complexity index is 965. The van der Waals surface area contributed by atoms with Gasteiger partial charge in [0.2, 0.25) is 0 Å². The molecule has 3 rings (SSSR count). The second-order valence-corrected chi connectivity index (χ2v) is 5.39. The van der Waals surface area contributed by atoms with Gasteiger partial charge in [0.1, 0.15) is 5.69 Å². The van der Waals surface area contributed by atoms with Crippen LogP contribution in [-0.4, -0.2) is 27.0 Å². The van der Waals surface area contributed by atoms with Gasteiger partial charge < -0.3 is 10.6 Å². The van der Waals surface area contributed by atoms with Crippen LogP contribution in [0.15, 0.2) is 65.7 Å². The zero-order valence-corrected chi connectivity index (χ0v) is 13.6. The van der Waals surface area contributed by atoms with Crippen LogP contribution in [-0.2, 0) is 6.54 Å². The van der Waals surface area contributed by atoms with Crippen molar-refractivity contribution in [2.24, 2.45) is 0 Å². The monoisotopic (exact) mass is 349 g/mol. The maximum atomic E-state index is 12.1. The fraction of sp³-hybridized carbons (Fsp3) is 0.0556. The van der Waals surface area contributed by atoms with Gasteiger partial charge in [-0.25, -0.2) is 5.10 Å². The Hall–Kier alpha value is -3.81. The number of benzene rings is 1. The lowest BCUT2D eigenvalue weighted by Gasteiger charge is -2.08. The summed E-state index contributed by atoms with van der Waals surface area (Å²) in [6, 6.07) is 13.0. The lowest BCUT2D eigenvalue weighted by atomic mass is 10.2. The van der Waals surface area contributed by atoms with E-state index in [1.54, 1.807) is 36.5 Å². The van der Waals surface area contributed by atoms with Crippen LogP contribution in [0, 0.1) is 0 Å². The van der Waals surface area contributed by atoms with E-state index in [4.69, 9.17) is 0 Å². The summed E-state index contributed by atoms with van der Waals surface area (Å²) in [7, 11) is 0. The summed E-state index contributed by atoms with van der Waals surface area (Å²) in [5.41, 5.74) is 1.56. The lowest BCUT2D eigenvalue weighted by Crippen LogP contribution is -2.23. The average molecular weight is 349 g/mol. The highest BCUT2D eigenvalue weighted by Crippen LogP contribution is 2.12.